The number of anilines is 1. The van der Waals surface area contributed by atoms with E-state index in [9.17, 15) is 19.2 Å². The van der Waals surface area contributed by atoms with E-state index < -0.39 is 12.1 Å². The highest BCUT2D eigenvalue weighted by Crippen LogP contribution is 2.19. The molecule has 0 aliphatic carbocycles. The Balaban J connectivity index is 2.02. The molecule has 0 bridgehead atoms. The summed E-state index contributed by atoms with van der Waals surface area (Å²) in [5.41, 5.74) is 0.939. The third kappa shape index (κ3) is 4.84. The van der Waals surface area contributed by atoms with Crippen LogP contribution in [-0.2, 0) is 9.53 Å². The van der Waals surface area contributed by atoms with Crippen LogP contribution < -0.4 is 5.32 Å². The maximum Gasteiger partial charge on any atom is 0.349 e. The van der Waals surface area contributed by atoms with E-state index in [4.69, 9.17) is 4.74 Å². The normalized spacial score (nSPS) is 11.5. The number of rotatable bonds is 6. The minimum Gasteiger partial charge on any atom is -0.450 e. The van der Waals surface area contributed by atoms with Crippen molar-refractivity contribution in [3.8, 4) is 0 Å². The lowest BCUT2D eigenvalue weighted by atomic mass is 10.1. The number of benzene rings is 1. The lowest BCUT2D eigenvalue weighted by molar-refractivity contribution is -0.114. The van der Waals surface area contributed by atoms with Crippen LogP contribution in [0.1, 0.15) is 50.5 Å². The fraction of sp³-hybridized carbons (Fsp3) is 0.222. The number of amides is 1. The molecule has 2 aromatic rings. The summed E-state index contributed by atoms with van der Waals surface area (Å²) in [6.45, 7) is 4.29. The third-order valence-corrected chi connectivity index (χ3v) is 4.46. The summed E-state index contributed by atoms with van der Waals surface area (Å²) in [6, 6.07) is 9.36. The number of carbonyl (C=O) groups is 4. The molecule has 0 aliphatic rings. The van der Waals surface area contributed by atoms with Crippen molar-refractivity contribution in [1.82, 2.24) is 0 Å². The van der Waals surface area contributed by atoms with Gasteiger partial charge in [-0.05, 0) is 50.2 Å². The predicted molar refractivity (Wildman–Crippen MR) is 94.3 cm³/mol. The lowest BCUT2D eigenvalue weighted by Crippen LogP contribution is -2.24. The summed E-state index contributed by atoms with van der Waals surface area (Å²) in [4.78, 5) is 47.4. The van der Waals surface area contributed by atoms with E-state index >= 15 is 0 Å². The number of hydrogen-bond donors (Lipinski definition) is 1. The quantitative estimate of drug-likeness (QED) is 0.631. The van der Waals surface area contributed by atoms with Gasteiger partial charge in [0.25, 0.3) is 0 Å². The van der Waals surface area contributed by atoms with Crippen molar-refractivity contribution in [2.45, 2.75) is 26.9 Å². The first-order valence-corrected chi connectivity index (χ1v) is 8.33. The van der Waals surface area contributed by atoms with Crippen molar-refractivity contribution in [2.24, 2.45) is 0 Å². The first kappa shape index (κ1) is 18.5. The third-order valence-electron chi connectivity index (χ3n) is 3.30. The molecule has 0 saturated carbocycles. The predicted octanol–water partition coefficient (Wildman–Crippen LogP) is 3.34. The van der Waals surface area contributed by atoms with Crippen molar-refractivity contribution < 1.29 is 23.9 Å². The molecule has 1 N–H and O–H groups in total. The highest BCUT2D eigenvalue weighted by molar-refractivity contribution is 7.15. The molecule has 0 fully saturated rings. The van der Waals surface area contributed by atoms with Gasteiger partial charge in [0.2, 0.25) is 11.7 Å². The van der Waals surface area contributed by atoms with E-state index in [2.05, 4.69) is 5.32 Å². The molecule has 1 aromatic heterocycles. The molecular weight excluding hydrogens is 342 g/mol. The Morgan fingerprint density at radius 3 is 2.08 bits per heavy atom. The Hall–Kier alpha value is -2.80. The molecule has 1 unspecified atom stereocenters. The van der Waals surface area contributed by atoms with Gasteiger partial charge in [0.05, 0.1) is 4.88 Å². The van der Waals surface area contributed by atoms with Gasteiger partial charge in [-0.25, -0.2) is 4.79 Å². The minimum atomic E-state index is -0.970. The van der Waals surface area contributed by atoms with Crippen LogP contribution in [0.2, 0.25) is 0 Å². The second-order valence-electron chi connectivity index (χ2n) is 5.39. The van der Waals surface area contributed by atoms with Crippen LogP contribution in [0.25, 0.3) is 0 Å². The summed E-state index contributed by atoms with van der Waals surface area (Å²) in [5.74, 6) is -1.34. The second kappa shape index (κ2) is 7.85. The van der Waals surface area contributed by atoms with Crippen molar-refractivity contribution in [3.63, 3.8) is 0 Å². The maximum atomic E-state index is 12.3. The summed E-state index contributed by atoms with van der Waals surface area (Å²) in [6.07, 6.45) is -0.970. The molecule has 1 heterocycles. The van der Waals surface area contributed by atoms with Gasteiger partial charge in [0.15, 0.2) is 11.9 Å². The summed E-state index contributed by atoms with van der Waals surface area (Å²) < 4.78 is 5.18. The van der Waals surface area contributed by atoms with Gasteiger partial charge in [-0.1, -0.05) is 0 Å². The van der Waals surface area contributed by atoms with E-state index in [1.165, 1.54) is 26.8 Å². The van der Waals surface area contributed by atoms with E-state index in [0.29, 0.717) is 16.1 Å². The molecule has 0 aliphatic heterocycles. The van der Waals surface area contributed by atoms with Crippen molar-refractivity contribution >= 4 is 40.5 Å². The average Bonchev–Trinajstić information content (AvgIpc) is 3.04. The first-order valence-electron chi connectivity index (χ1n) is 7.51. The number of nitrogens with one attached hydrogen (secondary N) is 1. The fourth-order valence-electron chi connectivity index (χ4n) is 2.06. The molecule has 2 rings (SSSR count). The zero-order chi connectivity index (χ0) is 18.6. The number of Topliss-reactive ketones (excluding diaryl/α,β-unsaturated/α-hetero) is 2. The molecule has 25 heavy (non-hydrogen) atoms. The van der Waals surface area contributed by atoms with Gasteiger partial charge in [0, 0.05) is 18.2 Å². The zero-order valence-corrected chi connectivity index (χ0v) is 14.8. The number of ketones is 2. The Morgan fingerprint density at radius 1 is 0.960 bits per heavy atom. The fourth-order valence-corrected chi connectivity index (χ4v) is 2.85. The van der Waals surface area contributed by atoms with E-state index in [0.717, 1.165) is 11.3 Å². The number of thiophene rings is 1. The van der Waals surface area contributed by atoms with Crippen LogP contribution >= 0.6 is 11.3 Å². The summed E-state index contributed by atoms with van der Waals surface area (Å²) in [5, 5.41) is 2.60. The topological polar surface area (TPSA) is 89.5 Å². The summed E-state index contributed by atoms with van der Waals surface area (Å²) >= 11 is 1.03. The molecule has 6 nitrogen and oxygen atoms in total. The van der Waals surface area contributed by atoms with Gasteiger partial charge in [-0.3, -0.25) is 14.4 Å². The van der Waals surface area contributed by atoms with Crippen LogP contribution in [0, 0.1) is 0 Å². The van der Waals surface area contributed by atoms with E-state index in [-0.39, 0.29) is 22.4 Å². The zero-order valence-electron chi connectivity index (χ0n) is 14.0. The van der Waals surface area contributed by atoms with Crippen LogP contribution in [0.5, 0.6) is 0 Å². The Bertz CT molecular complexity index is 822. The molecular formula is C18H17NO5S. The number of hydrogen-bond acceptors (Lipinski definition) is 6. The first-order chi connectivity index (χ1) is 11.8. The van der Waals surface area contributed by atoms with Crippen molar-refractivity contribution in [3.05, 3.63) is 51.7 Å². The number of carbonyl (C=O) groups excluding carboxylic acids is 4. The smallest absolute Gasteiger partial charge is 0.349 e. The molecule has 1 aromatic carbocycles. The van der Waals surface area contributed by atoms with Gasteiger partial charge >= 0.3 is 5.97 Å². The Morgan fingerprint density at radius 2 is 1.56 bits per heavy atom. The monoisotopic (exact) mass is 359 g/mol. The number of esters is 1. The van der Waals surface area contributed by atoms with Crippen LogP contribution in [0.4, 0.5) is 5.69 Å². The molecule has 0 saturated heterocycles. The SMILES string of the molecule is CC(=O)Nc1ccc(C(=O)C(C)OC(=O)c2ccc(C(C)=O)s2)cc1. The van der Waals surface area contributed by atoms with Crippen molar-refractivity contribution in [2.75, 3.05) is 5.32 Å². The minimum absolute atomic E-state index is 0.132. The standard InChI is InChI=1S/C18H17NO5S/c1-10(20)15-8-9-16(25-15)18(23)24-11(2)17(22)13-4-6-14(7-5-13)19-12(3)21/h4-9,11H,1-3H3,(H,19,21). The van der Waals surface area contributed by atoms with E-state index in [1.807, 2.05) is 0 Å². The molecule has 0 radical (unpaired) electrons. The molecule has 1 amide bonds. The Kier molecular flexibility index (Phi) is 5.82. The van der Waals surface area contributed by atoms with Crippen molar-refractivity contribution in [1.29, 1.82) is 0 Å². The van der Waals surface area contributed by atoms with Crippen LogP contribution in [0.15, 0.2) is 36.4 Å². The van der Waals surface area contributed by atoms with Gasteiger partial charge in [-0.15, -0.1) is 11.3 Å². The highest BCUT2D eigenvalue weighted by Gasteiger charge is 2.21. The van der Waals surface area contributed by atoms with Crippen LogP contribution in [-0.4, -0.2) is 29.5 Å². The largest absolute Gasteiger partial charge is 0.450 e. The lowest BCUT2D eigenvalue weighted by Gasteiger charge is -2.12. The summed E-state index contributed by atoms with van der Waals surface area (Å²) in [7, 11) is 0. The van der Waals surface area contributed by atoms with Gasteiger partial charge < -0.3 is 10.1 Å². The maximum absolute atomic E-state index is 12.3. The second-order valence-corrected chi connectivity index (χ2v) is 6.47. The molecule has 7 heteroatoms. The average molecular weight is 359 g/mol. The molecule has 130 valence electrons. The van der Waals surface area contributed by atoms with E-state index in [1.54, 1.807) is 30.3 Å². The van der Waals surface area contributed by atoms with Gasteiger partial charge in [0.1, 0.15) is 4.88 Å². The van der Waals surface area contributed by atoms with Gasteiger partial charge in [-0.2, -0.15) is 0 Å². The van der Waals surface area contributed by atoms with Crippen LogP contribution in [0.3, 0.4) is 0 Å². The highest BCUT2D eigenvalue weighted by atomic mass is 32.1. The molecule has 1 atom stereocenters. The Labute approximate surface area is 148 Å². The molecule has 0 spiro atoms. The number of ether oxygens (including phenoxy) is 1.